The van der Waals surface area contributed by atoms with E-state index in [1.54, 1.807) is 11.8 Å². The van der Waals surface area contributed by atoms with Gasteiger partial charge in [-0.3, -0.25) is 4.79 Å². The van der Waals surface area contributed by atoms with Gasteiger partial charge in [0.15, 0.2) is 0 Å². The van der Waals surface area contributed by atoms with Crippen LogP contribution in [0.15, 0.2) is 30.5 Å². The maximum Gasteiger partial charge on any atom is 0.207 e. The highest BCUT2D eigenvalue weighted by atomic mass is 16.6. The standard InChI is InChI=1S/C11H12N2O2/c1-15-13-7-9(6-12-8-14)10-4-2-3-5-11(10)13/h2-5,7-8H,6H2,1H3,(H,12,14). The van der Waals surface area contributed by atoms with E-state index in [1.165, 1.54) is 0 Å². The van der Waals surface area contributed by atoms with Crippen molar-refractivity contribution < 1.29 is 9.63 Å². The minimum Gasteiger partial charge on any atom is -0.417 e. The molecule has 4 nitrogen and oxygen atoms in total. The van der Waals surface area contributed by atoms with Crippen molar-refractivity contribution >= 4 is 17.3 Å². The van der Waals surface area contributed by atoms with Gasteiger partial charge in [-0.25, -0.2) is 0 Å². The molecule has 1 heterocycles. The number of para-hydroxylation sites is 1. The first-order valence-corrected chi connectivity index (χ1v) is 4.67. The van der Waals surface area contributed by atoms with Gasteiger partial charge in [0.1, 0.15) is 7.11 Å². The third-order valence-corrected chi connectivity index (χ3v) is 2.33. The third kappa shape index (κ3) is 1.66. The number of carbonyl (C=O) groups excluding carboxylic acids is 1. The molecule has 2 aromatic rings. The van der Waals surface area contributed by atoms with E-state index in [0.29, 0.717) is 13.0 Å². The zero-order valence-electron chi connectivity index (χ0n) is 8.43. The van der Waals surface area contributed by atoms with Gasteiger partial charge in [-0.1, -0.05) is 18.2 Å². The van der Waals surface area contributed by atoms with Crippen molar-refractivity contribution in [2.75, 3.05) is 7.11 Å². The maximum atomic E-state index is 10.2. The van der Waals surface area contributed by atoms with Crippen LogP contribution in [-0.2, 0) is 11.3 Å². The number of nitrogens with zero attached hydrogens (tertiary/aromatic N) is 1. The number of amides is 1. The molecule has 0 radical (unpaired) electrons. The van der Waals surface area contributed by atoms with Crippen molar-refractivity contribution in [2.45, 2.75) is 6.54 Å². The van der Waals surface area contributed by atoms with Crippen LogP contribution in [0.2, 0.25) is 0 Å². The van der Waals surface area contributed by atoms with E-state index in [1.807, 2.05) is 30.5 Å². The predicted octanol–water partition coefficient (Wildman–Crippen LogP) is 0.946. The summed E-state index contributed by atoms with van der Waals surface area (Å²) in [6, 6.07) is 7.90. The molecule has 1 N–H and O–H groups in total. The monoisotopic (exact) mass is 204 g/mol. The Hall–Kier alpha value is -1.97. The minimum absolute atomic E-state index is 0.514. The Morgan fingerprint density at radius 3 is 3.00 bits per heavy atom. The SMILES string of the molecule is COn1cc(CNC=O)c2ccccc21. The van der Waals surface area contributed by atoms with Gasteiger partial charge in [-0.2, -0.15) is 4.73 Å². The van der Waals surface area contributed by atoms with Crippen LogP contribution in [0.5, 0.6) is 0 Å². The van der Waals surface area contributed by atoms with Gasteiger partial charge in [0.05, 0.1) is 5.52 Å². The fraction of sp³-hybridized carbons (Fsp3) is 0.182. The highest BCUT2D eigenvalue weighted by molar-refractivity contribution is 5.83. The van der Waals surface area contributed by atoms with Crippen LogP contribution in [0.3, 0.4) is 0 Å². The van der Waals surface area contributed by atoms with Crippen molar-refractivity contribution in [1.29, 1.82) is 0 Å². The summed E-state index contributed by atoms with van der Waals surface area (Å²) in [7, 11) is 1.61. The summed E-state index contributed by atoms with van der Waals surface area (Å²) in [5.74, 6) is 0. The van der Waals surface area contributed by atoms with Crippen LogP contribution in [0, 0.1) is 0 Å². The minimum atomic E-state index is 0.514. The summed E-state index contributed by atoms with van der Waals surface area (Å²) < 4.78 is 1.69. The fourth-order valence-corrected chi connectivity index (χ4v) is 1.66. The number of carbonyl (C=O) groups is 1. The zero-order valence-corrected chi connectivity index (χ0v) is 8.43. The Morgan fingerprint density at radius 1 is 1.47 bits per heavy atom. The summed E-state index contributed by atoms with van der Waals surface area (Å²) in [6.07, 6.45) is 2.57. The first kappa shape index (κ1) is 9.58. The maximum absolute atomic E-state index is 10.2. The Balaban J connectivity index is 2.49. The number of hydrogen-bond donors (Lipinski definition) is 1. The highest BCUT2D eigenvalue weighted by Gasteiger charge is 2.06. The van der Waals surface area contributed by atoms with Crippen LogP contribution in [0.4, 0.5) is 0 Å². The molecule has 0 fully saturated rings. The number of rotatable bonds is 4. The van der Waals surface area contributed by atoms with E-state index in [2.05, 4.69) is 5.32 Å². The molecule has 1 amide bonds. The van der Waals surface area contributed by atoms with Crippen molar-refractivity contribution in [3.63, 3.8) is 0 Å². The molecule has 1 aromatic carbocycles. The Labute approximate surface area is 87.4 Å². The van der Waals surface area contributed by atoms with E-state index < -0.39 is 0 Å². The first-order valence-electron chi connectivity index (χ1n) is 4.67. The molecule has 0 bridgehead atoms. The molecular weight excluding hydrogens is 192 g/mol. The van der Waals surface area contributed by atoms with Crippen molar-refractivity contribution in [3.8, 4) is 0 Å². The molecule has 0 aliphatic heterocycles. The van der Waals surface area contributed by atoms with Gasteiger partial charge < -0.3 is 10.2 Å². The molecule has 0 aliphatic carbocycles. The molecule has 0 spiro atoms. The lowest BCUT2D eigenvalue weighted by Gasteiger charge is -2.00. The second-order valence-electron chi connectivity index (χ2n) is 3.18. The largest absolute Gasteiger partial charge is 0.417 e. The van der Waals surface area contributed by atoms with E-state index in [4.69, 9.17) is 4.84 Å². The number of fused-ring (bicyclic) bond motifs is 1. The smallest absolute Gasteiger partial charge is 0.207 e. The molecule has 0 atom stereocenters. The van der Waals surface area contributed by atoms with Gasteiger partial charge in [0, 0.05) is 23.7 Å². The van der Waals surface area contributed by atoms with E-state index >= 15 is 0 Å². The fourth-order valence-electron chi connectivity index (χ4n) is 1.66. The van der Waals surface area contributed by atoms with Crippen LogP contribution >= 0.6 is 0 Å². The molecule has 0 aliphatic rings. The summed E-state index contributed by atoms with van der Waals surface area (Å²) >= 11 is 0. The lowest BCUT2D eigenvalue weighted by molar-refractivity contribution is -0.109. The molecule has 78 valence electrons. The lowest BCUT2D eigenvalue weighted by Crippen LogP contribution is -2.09. The average molecular weight is 204 g/mol. The Morgan fingerprint density at radius 2 is 2.27 bits per heavy atom. The zero-order chi connectivity index (χ0) is 10.7. The van der Waals surface area contributed by atoms with Gasteiger partial charge in [0.25, 0.3) is 0 Å². The molecular formula is C11H12N2O2. The number of nitrogens with one attached hydrogen (secondary N) is 1. The van der Waals surface area contributed by atoms with E-state index in [9.17, 15) is 4.79 Å². The number of hydrogen-bond acceptors (Lipinski definition) is 2. The van der Waals surface area contributed by atoms with Crippen molar-refractivity contribution in [2.24, 2.45) is 0 Å². The van der Waals surface area contributed by atoms with Gasteiger partial charge in [-0.15, -0.1) is 0 Å². The molecule has 0 unspecified atom stereocenters. The molecule has 1 aromatic heterocycles. The van der Waals surface area contributed by atoms with E-state index in [-0.39, 0.29) is 0 Å². The van der Waals surface area contributed by atoms with Crippen LogP contribution in [0.1, 0.15) is 5.56 Å². The summed E-state index contributed by atoms with van der Waals surface area (Å²) in [5, 5.41) is 3.74. The number of benzene rings is 1. The molecule has 4 heteroatoms. The second kappa shape index (κ2) is 4.04. The van der Waals surface area contributed by atoms with E-state index in [0.717, 1.165) is 16.5 Å². The van der Waals surface area contributed by atoms with Crippen LogP contribution < -0.4 is 10.2 Å². The van der Waals surface area contributed by atoms with Crippen LogP contribution in [0.25, 0.3) is 10.9 Å². The summed E-state index contributed by atoms with van der Waals surface area (Å²) in [5.41, 5.74) is 2.04. The molecule has 2 rings (SSSR count). The number of aromatic nitrogens is 1. The average Bonchev–Trinajstić information content (AvgIpc) is 2.65. The summed E-state index contributed by atoms with van der Waals surface area (Å²) in [4.78, 5) is 15.4. The molecule has 15 heavy (non-hydrogen) atoms. The lowest BCUT2D eigenvalue weighted by atomic mass is 10.2. The summed E-state index contributed by atoms with van der Waals surface area (Å²) in [6.45, 7) is 0.514. The Kier molecular flexibility index (Phi) is 2.58. The normalized spacial score (nSPS) is 10.2. The molecule has 0 saturated carbocycles. The van der Waals surface area contributed by atoms with Crippen LogP contribution in [-0.4, -0.2) is 18.3 Å². The predicted molar refractivity (Wildman–Crippen MR) is 57.3 cm³/mol. The first-order chi connectivity index (χ1) is 7.36. The third-order valence-electron chi connectivity index (χ3n) is 2.33. The topological polar surface area (TPSA) is 43.3 Å². The van der Waals surface area contributed by atoms with Crippen molar-refractivity contribution in [1.82, 2.24) is 10.0 Å². The quantitative estimate of drug-likeness (QED) is 0.753. The van der Waals surface area contributed by atoms with Crippen molar-refractivity contribution in [3.05, 3.63) is 36.0 Å². The van der Waals surface area contributed by atoms with Gasteiger partial charge in [-0.05, 0) is 6.07 Å². The highest BCUT2D eigenvalue weighted by Crippen LogP contribution is 2.19. The second-order valence-corrected chi connectivity index (χ2v) is 3.18. The Bertz CT molecular complexity index is 476. The molecule has 0 saturated heterocycles. The van der Waals surface area contributed by atoms with Gasteiger partial charge in [0.2, 0.25) is 6.41 Å². The van der Waals surface area contributed by atoms with Gasteiger partial charge >= 0.3 is 0 Å².